The minimum Gasteiger partial charge on any atom is -0.389 e. The first-order chi connectivity index (χ1) is 8.16. The Hall–Kier alpha value is -1.32. The highest BCUT2D eigenvalue weighted by atomic mass is 32.2. The Kier molecular flexibility index (Phi) is 3.82. The second kappa shape index (κ2) is 5.34. The van der Waals surface area contributed by atoms with Crippen molar-refractivity contribution in [3.05, 3.63) is 59.9 Å². The van der Waals surface area contributed by atoms with E-state index in [9.17, 15) is 9.50 Å². The molecule has 0 heterocycles. The minimum atomic E-state index is -0.501. The zero-order valence-corrected chi connectivity index (χ0v) is 10.2. The number of rotatable bonds is 3. The molecule has 0 unspecified atom stereocenters. The van der Waals surface area contributed by atoms with Crippen LogP contribution in [0.4, 0.5) is 4.39 Å². The number of hydrogen-bond donors (Lipinski definition) is 1. The van der Waals surface area contributed by atoms with Crippen molar-refractivity contribution in [2.45, 2.75) is 22.8 Å². The molecule has 3 heteroatoms. The molecule has 0 spiro atoms. The summed E-state index contributed by atoms with van der Waals surface area (Å²) < 4.78 is 12.8. The monoisotopic (exact) mass is 248 g/mol. The summed E-state index contributed by atoms with van der Waals surface area (Å²) in [4.78, 5) is 1.95. The number of aliphatic hydroxyl groups excluding tert-OH is 1. The van der Waals surface area contributed by atoms with Crippen LogP contribution in [0.25, 0.3) is 0 Å². The number of aliphatic hydroxyl groups is 1. The molecule has 1 N–H and O–H groups in total. The molecule has 0 radical (unpaired) electrons. The van der Waals surface area contributed by atoms with Gasteiger partial charge in [0, 0.05) is 9.79 Å². The Balaban J connectivity index is 2.26. The van der Waals surface area contributed by atoms with Gasteiger partial charge in [-0.1, -0.05) is 30.0 Å². The molecular formula is C14H13FOS. The largest absolute Gasteiger partial charge is 0.389 e. The second-order valence-electron chi connectivity index (χ2n) is 3.77. The smallest absolute Gasteiger partial charge is 0.123 e. The van der Waals surface area contributed by atoms with Crippen LogP contribution >= 0.6 is 11.8 Å². The molecule has 2 aromatic carbocycles. The van der Waals surface area contributed by atoms with Gasteiger partial charge >= 0.3 is 0 Å². The maximum absolute atomic E-state index is 12.8. The van der Waals surface area contributed by atoms with E-state index in [1.807, 2.05) is 24.3 Å². The van der Waals surface area contributed by atoms with Crippen LogP contribution in [0.15, 0.2) is 58.3 Å². The summed E-state index contributed by atoms with van der Waals surface area (Å²) in [5.74, 6) is -0.238. The minimum absolute atomic E-state index is 0.238. The van der Waals surface area contributed by atoms with Crippen LogP contribution < -0.4 is 0 Å². The fourth-order valence-electron chi connectivity index (χ4n) is 1.55. The zero-order valence-electron chi connectivity index (χ0n) is 9.43. The highest BCUT2D eigenvalue weighted by Gasteiger charge is 2.08. The van der Waals surface area contributed by atoms with E-state index in [1.165, 1.54) is 23.9 Å². The maximum atomic E-state index is 12.8. The van der Waals surface area contributed by atoms with Crippen LogP contribution in [0.3, 0.4) is 0 Å². The first kappa shape index (κ1) is 12.1. The van der Waals surface area contributed by atoms with E-state index in [2.05, 4.69) is 0 Å². The van der Waals surface area contributed by atoms with E-state index in [1.54, 1.807) is 19.1 Å². The van der Waals surface area contributed by atoms with Crippen LogP contribution in [0.1, 0.15) is 18.6 Å². The Bertz CT molecular complexity index is 494. The van der Waals surface area contributed by atoms with Crippen molar-refractivity contribution in [3.8, 4) is 0 Å². The molecule has 0 aliphatic heterocycles. The molecular weight excluding hydrogens is 235 g/mol. The summed E-state index contributed by atoms with van der Waals surface area (Å²) in [6, 6.07) is 14.0. The average Bonchev–Trinajstić information content (AvgIpc) is 2.32. The fourth-order valence-corrected chi connectivity index (χ4v) is 2.58. The van der Waals surface area contributed by atoms with E-state index in [0.717, 1.165) is 15.4 Å². The second-order valence-corrected chi connectivity index (χ2v) is 4.89. The van der Waals surface area contributed by atoms with Gasteiger partial charge in [0.2, 0.25) is 0 Å². The molecule has 0 aliphatic rings. The van der Waals surface area contributed by atoms with Crippen molar-refractivity contribution in [3.63, 3.8) is 0 Å². The normalized spacial score (nSPS) is 12.4. The first-order valence-corrected chi connectivity index (χ1v) is 6.19. The van der Waals surface area contributed by atoms with Crippen LogP contribution in [0, 0.1) is 5.82 Å². The third-order valence-corrected chi connectivity index (χ3v) is 3.51. The molecule has 0 aliphatic carbocycles. The predicted octanol–water partition coefficient (Wildman–Crippen LogP) is 4.03. The van der Waals surface area contributed by atoms with Gasteiger partial charge in [-0.15, -0.1) is 0 Å². The lowest BCUT2D eigenvalue weighted by Crippen LogP contribution is -1.93. The first-order valence-electron chi connectivity index (χ1n) is 5.37. The molecule has 17 heavy (non-hydrogen) atoms. The lowest BCUT2D eigenvalue weighted by molar-refractivity contribution is 0.196. The summed E-state index contributed by atoms with van der Waals surface area (Å²) in [7, 11) is 0. The lowest BCUT2D eigenvalue weighted by Gasteiger charge is -2.11. The number of benzene rings is 2. The fraction of sp³-hybridized carbons (Fsp3) is 0.143. The number of hydrogen-bond acceptors (Lipinski definition) is 2. The Morgan fingerprint density at radius 2 is 1.71 bits per heavy atom. The lowest BCUT2D eigenvalue weighted by atomic mass is 10.1. The summed E-state index contributed by atoms with van der Waals surface area (Å²) >= 11 is 1.52. The van der Waals surface area contributed by atoms with Gasteiger partial charge in [0.15, 0.2) is 0 Å². The maximum Gasteiger partial charge on any atom is 0.123 e. The molecule has 0 amide bonds. The third-order valence-electron chi connectivity index (χ3n) is 2.41. The summed E-state index contributed by atoms with van der Waals surface area (Å²) in [6.45, 7) is 1.74. The van der Waals surface area contributed by atoms with Gasteiger partial charge in [-0.05, 0) is 42.8 Å². The third kappa shape index (κ3) is 3.08. The van der Waals surface area contributed by atoms with Crippen molar-refractivity contribution in [1.82, 2.24) is 0 Å². The van der Waals surface area contributed by atoms with E-state index in [4.69, 9.17) is 0 Å². The standard InChI is InChI=1S/C14H13FOS/c1-10(16)13-4-2-3-5-14(13)17-12-8-6-11(15)7-9-12/h2-10,16H,1H3/t10-/m1/s1. The SMILES string of the molecule is C[C@@H](O)c1ccccc1Sc1ccc(F)cc1. The van der Waals surface area contributed by atoms with Crippen molar-refractivity contribution in [1.29, 1.82) is 0 Å². The molecule has 1 nitrogen and oxygen atoms in total. The molecule has 2 rings (SSSR count). The van der Waals surface area contributed by atoms with E-state index >= 15 is 0 Å². The van der Waals surface area contributed by atoms with Crippen LogP contribution in [0.2, 0.25) is 0 Å². The van der Waals surface area contributed by atoms with Crippen molar-refractivity contribution >= 4 is 11.8 Å². The van der Waals surface area contributed by atoms with Gasteiger partial charge in [-0.3, -0.25) is 0 Å². The average molecular weight is 248 g/mol. The van der Waals surface area contributed by atoms with Gasteiger partial charge < -0.3 is 5.11 Å². The highest BCUT2D eigenvalue weighted by molar-refractivity contribution is 7.99. The van der Waals surface area contributed by atoms with E-state index < -0.39 is 6.10 Å². The predicted molar refractivity (Wildman–Crippen MR) is 67.6 cm³/mol. The van der Waals surface area contributed by atoms with Gasteiger partial charge in [0.1, 0.15) is 5.82 Å². The van der Waals surface area contributed by atoms with E-state index in [0.29, 0.717) is 0 Å². The molecule has 2 aromatic rings. The summed E-state index contributed by atoms with van der Waals surface area (Å²) in [6.07, 6.45) is -0.501. The Morgan fingerprint density at radius 1 is 1.06 bits per heavy atom. The van der Waals surface area contributed by atoms with Crippen LogP contribution in [0.5, 0.6) is 0 Å². The van der Waals surface area contributed by atoms with Crippen molar-refractivity contribution < 1.29 is 9.50 Å². The molecule has 0 saturated heterocycles. The van der Waals surface area contributed by atoms with Crippen LogP contribution in [-0.4, -0.2) is 5.11 Å². The van der Waals surface area contributed by atoms with Crippen molar-refractivity contribution in [2.75, 3.05) is 0 Å². The zero-order chi connectivity index (χ0) is 12.3. The Morgan fingerprint density at radius 3 is 2.35 bits per heavy atom. The number of halogens is 1. The van der Waals surface area contributed by atoms with Gasteiger partial charge in [0.05, 0.1) is 6.10 Å². The van der Waals surface area contributed by atoms with Crippen molar-refractivity contribution in [2.24, 2.45) is 0 Å². The molecule has 0 fully saturated rings. The topological polar surface area (TPSA) is 20.2 Å². The highest BCUT2D eigenvalue weighted by Crippen LogP contribution is 2.33. The van der Waals surface area contributed by atoms with E-state index in [-0.39, 0.29) is 5.82 Å². The summed E-state index contributed by atoms with van der Waals surface area (Å²) in [5, 5.41) is 9.65. The van der Waals surface area contributed by atoms with Gasteiger partial charge in [-0.2, -0.15) is 0 Å². The summed E-state index contributed by atoms with van der Waals surface area (Å²) in [5.41, 5.74) is 0.891. The molecule has 0 saturated carbocycles. The quantitative estimate of drug-likeness (QED) is 0.885. The molecule has 0 aromatic heterocycles. The molecule has 1 atom stereocenters. The Labute approximate surface area is 104 Å². The molecule has 88 valence electrons. The molecule has 0 bridgehead atoms. The van der Waals surface area contributed by atoms with Gasteiger partial charge in [-0.25, -0.2) is 4.39 Å². The van der Waals surface area contributed by atoms with Crippen LogP contribution in [-0.2, 0) is 0 Å². The van der Waals surface area contributed by atoms with Gasteiger partial charge in [0.25, 0.3) is 0 Å².